The summed E-state index contributed by atoms with van der Waals surface area (Å²) >= 11 is 1.51. The molecule has 2 rings (SSSR count). The summed E-state index contributed by atoms with van der Waals surface area (Å²) in [5, 5.41) is 8.52. The first-order valence-corrected chi connectivity index (χ1v) is 5.97. The van der Waals surface area contributed by atoms with E-state index in [0.29, 0.717) is 12.1 Å². The van der Waals surface area contributed by atoms with Gasteiger partial charge in [-0.25, -0.2) is 4.98 Å². The van der Waals surface area contributed by atoms with E-state index < -0.39 is 0 Å². The third-order valence-corrected chi connectivity index (χ3v) is 3.00. The molecule has 2 N–H and O–H groups in total. The first-order valence-electron chi connectivity index (χ1n) is 5.09. The summed E-state index contributed by atoms with van der Waals surface area (Å²) in [7, 11) is 1.77. The van der Waals surface area contributed by atoms with Crippen molar-refractivity contribution in [3.05, 3.63) is 40.6 Å². The molecule has 0 aromatic carbocycles. The number of thiazole rings is 1. The van der Waals surface area contributed by atoms with Crippen molar-refractivity contribution >= 4 is 22.9 Å². The fourth-order valence-electron chi connectivity index (χ4n) is 1.38. The molecule has 0 fully saturated rings. The molecular formula is C11H12N4OS. The van der Waals surface area contributed by atoms with E-state index in [2.05, 4.69) is 20.6 Å². The number of pyridine rings is 1. The molecule has 6 heteroatoms. The van der Waals surface area contributed by atoms with Gasteiger partial charge in [0.2, 0.25) is 0 Å². The molecule has 0 saturated carbocycles. The molecule has 17 heavy (non-hydrogen) atoms. The van der Waals surface area contributed by atoms with Gasteiger partial charge in [-0.05, 0) is 6.07 Å². The number of nitrogens with one attached hydrogen (secondary N) is 2. The number of aromatic nitrogens is 2. The van der Waals surface area contributed by atoms with Crippen LogP contribution in [0.2, 0.25) is 0 Å². The first kappa shape index (κ1) is 11.5. The van der Waals surface area contributed by atoms with Crippen molar-refractivity contribution in [3.8, 4) is 0 Å². The molecule has 88 valence electrons. The zero-order valence-electron chi connectivity index (χ0n) is 9.30. The quantitative estimate of drug-likeness (QED) is 0.860. The van der Waals surface area contributed by atoms with E-state index in [1.807, 2.05) is 5.38 Å². The van der Waals surface area contributed by atoms with E-state index in [4.69, 9.17) is 0 Å². The lowest BCUT2D eigenvalue weighted by atomic mass is 10.2. The summed E-state index contributed by atoms with van der Waals surface area (Å²) in [6.07, 6.45) is 4.90. The molecule has 1 amide bonds. The fraction of sp³-hybridized carbons (Fsp3) is 0.182. The molecule has 0 atom stereocenters. The van der Waals surface area contributed by atoms with Gasteiger partial charge >= 0.3 is 0 Å². The summed E-state index contributed by atoms with van der Waals surface area (Å²) in [6.45, 7) is 0.439. The van der Waals surface area contributed by atoms with Gasteiger partial charge < -0.3 is 10.6 Å². The van der Waals surface area contributed by atoms with Crippen LogP contribution in [0.25, 0.3) is 0 Å². The lowest BCUT2D eigenvalue weighted by Gasteiger charge is -2.07. The summed E-state index contributed by atoms with van der Waals surface area (Å²) in [5.41, 5.74) is 1.29. The number of rotatable bonds is 4. The van der Waals surface area contributed by atoms with Crippen LogP contribution in [0.4, 0.5) is 5.69 Å². The highest BCUT2D eigenvalue weighted by Crippen LogP contribution is 2.12. The van der Waals surface area contributed by atoms with Crippen molar-refractivity contribution in [1.29, 1.82) is 0 Å². The Balaban J connectivity index is 2.04. The summed E-state index contributed by atoms with van der Waals surface area (Å²) < 4.78 is 0. The predicted octanol–water partition coefficient (Wildman–Crippen LogP) is 1.51. The molecule has 0 aliphatic carbocycles. The molecule has 0 radical (unpaired) electrons. The number of hydrogen-bond acceptors (Lipinski definition) is 5. The first-order chi connectivity index (χ1) is 8.31. The molecule has 2 aromatic rings. The Bertz CT molecular complexity index is 498. The van der Waals surface area contributed by atoms with Gasteiger partial charge in [-0.1, -0.05) is 0 Å². The Morgan fingerprint density at radius 2 is 2.35 bits per heavy atom. The molecule has 0 aliphatic rings. The topological polar surface area (TPSA) is 66.9 Å². The summed E-state index contributed by atoms with van der Waals surface area (Å²) in [4.78, 5) is 19.9. The highest BCUT2D eigenvalue weighted by atomic mass is 32.1. The second kappa shape index (κ2) is 5.40. The number of nitrogens with zero attached hydrogens (tertiary/aromatic N) is 2. The van der Waals surface area contributed by atoms with Gasteiger partial charge in [-0.2, -0.15) is 0 Å². The normalized spacial score (nSPS) is 9.94. The standard InChI is InChI=1S/C11H12N4OS/c1-12-9-2-3-13-6-8(9)11(16)15-7-10-14-4-5-17-10/h2-6H,7H2,1H3,(H,12,13)(H,15,16). The molecule has 5 nitrogen and oxygen atoms in total. The third kappa shape index (κ3) is 2.79. The summed E-state index contributed by atoms with van der Waals surface area (Å²) in [6, 6.07) is 1.76. The van der Waals surface area contributed by atoms with Crippen LogP contribution in [0.1, 0.15) is 15.4 Å². The van der Waals surface area contributed by atoms with Gasteiger partial charge in [0, 0.05) is 36.7 Å². The van der Waals surface area contributed by atoms with E-state index in [9.17, 15) is 4.79 Å². The van der Waals surface area contributed by atoms with Gasteiger partial charge in [0.05, 0.1) is 12.1 Å². The van der Waals surface area contributed by atoms with Crippen LogP contribution < -0.4 is 10.6 Å². The maximum Gasteiger partial charge on any atom is 0.255 e. The Hall–Kier alpha value is -1.95. The minimum atomic E-state index is -0.155. The average molecular weight is 248 g/mol. The molecule has 0 bridgehead atoms. The predicted molar refractivity (Wildman–Crippen MR) is 67.1 cm³/mol. The van der Waals surface area contributed by atoms with E-state index >= 15 is 0 Å². The molecule has 2 aromatic heterocycles. The minimum Gasteiger partial charge on any atom is -0.387 e. The van der Waals surface area contributed by atoms with E-state index in [1.54, 1.807) is 31.7 Å². The van der Waals surface area contributed by atoms with E-state index in [-0.39, 0.29) is 5.91 Å². The van der Waals surface area contributed by atoms with Crippen LogP contribution in [0.15, 0.2) is 30.0 Å². The number of hydrogen-bond donors (Lipinski definition) is 2. The minimum absolute atomic E-state index is 0.155. The zero-order valence-corrected chi connectivity index (χ0v) is 10.1. The highest BCUT2D eigenvalue weighted by molar-refractivity contribution is 7.09. The Kier molecular flexibility index (Phi) is 3.66. The van der Waals surface area contributed by atoms with E-state index in [0.717, 1.165) is 10.7 Å². The Labute approximate surface area is 103 Å². The highest BCUT2D eigenvalue weighted by Gasteiger charge is 2.10. The number of carbonyl (C=O) groups excluding carboxylic acids is 1. The van der Waals surface area contributed by atoms with Crippen molar-refractivity contribution in [2.24, 2.45) is 0 Å². The molecule has 0 unspecified atom stereocenters. The van der Waals surface area contributed by atoms with Gasteiger partial charge in [0.1, 0.15) is 5.01 Å². The maximum atomic E-state index is 11.9. The molecule has 0 saturated heterocycles. The van der Waals surface area contributed by atoms with Crippen LogP contribution in [0, 0.1) is 0 Å². The van der Waals surface area contributed by atoms with Crippen molar-refractivity contribution in [2.75, 3.05) is 12.4 Å². The van der Waals surface area contributed by atoms with Crippen molar-refractivity contribution in [1.82, 2.24) is 15.3 Å². The lowest BCUT2D eigenvalue weighted by molar-refractivity contribution is 0.0951. The maximum absolute atomic E-state index is 11.9. The van der Waals surface area contributed by atoms with Crippen molar-refractivity contribution < 1.29 is 4.79 Å². The number of anilines is 1. The summed E-state index contributed by atoms with van der Waals surface area (Å²) in [5.74, 6) is -0.155. The largest absolute Gasteiger partial charge is 0.387 e. The van der Waals surface area contributed by atoms with Gasteiger partial charge in [-0.15, -0.1) is 11.3 Å². The van der Waals surface area contributed by atoms with Crippen LogP contribution in [-0.2, 0) is 6.54 Å². The second-order valence-electron chi connectivity index (χ2n) is 3.28. The number of carbonyl (C=O) groups is 1. The SMILES string of the molecule is CNc1ccncc1C(=O)NCc1nccs1. The van der Waals surface area contributed by atoms with Crippen LogP contribution in [-0.4, -0.2) is 22.9 Å². The number of amides is 1. The van der Waals surface area contributed by atoms with Crippen LogP contribution in [0.3, 0.4) is 0 Å². The fourth-order valence-corrected chi connectivity index (χ4v) is 1.94. The van der Waals surface area contributed by atoms with Gasteiger partial charge in [-0.3, -0.25) is 9.78 Å². The van der Waals surface area contributed by atoms with Crippen molar-refractivity contribution in [3.63, 3.8) is 0 Å². The monoisotopic (exact) mass is 248 g/mol. The Morgan fingerprint density at radius 3 is 3.06 bits per heavy atom. The van der Waals surface area contributed by atoms with E-state index in [1.165, 1.54) is 11.3 Å². The van der Waals surface area contributed by atoms with Crippen molar-refractivity contribution in [2.45, 2.75) is 6.54 Å². The molecule has 0 aliphatic heterocycles. The zero-order chi connectivity index (χ0) is 12.1. The third-order valence-electron chi connectivity index (χ3n) is 2.22. The average Bonchev–Trinajstić information content (AvgIpc) is 2.89. The van der Waals surface area contributed by atoms with Crippen LogP contribution >= 0.6 is 11.3 Å². The Morgan fingerprint density at radius 1 is 1.47 bits per heavy atom. The van der Waals surface area contributed by atoms with Crippen LogP contribution in [0.5, 0.6) is 0 Å². The smallest absolute Gasteiger partial charge is 0.255 e. The second-order valence-corrected chi connectivity index (χ2v) is 4.26. The molecular weight excluding hydrogens is 236 g/mol. The van der Waals surface area contributed by atoms with Gasteiger partial charge in [0.15, 0.2) is 0 Å². The lowest BCUT2D eigenvalue weighted by Crippen LogP contribution is -2.23. The molecule has 2 heterocycles. The van der Waals surface area contributed by atoms with Gasteiger partial charge in [0.25, 0.3) is 5.91 Å². The molecule has 0 spiro atoms.